The fraction of sp³-hybridized carbons (Fsp3) is 0.600. The number of nitrogens with zero attached hydrogens (tertiary/aromatic N) is 5. The second-order valence-electron chi connectivity index (χ2n) is 6.92. The largest absolute Gasteiger partial charge is 0.465 e. The normalized spacial score (nSPS) is 15.1. The number of hydrogen-bond donors (Lipinski definition) is 0. The SMILES string of the molecule is CC#CCn1c(N2CCCCC2)nc2nc(SC(C)C(=O)OCC)n(C)c(=O)c21. The summed E-state index contributed by atoms with van der Waals surface area (Å²) in [6.45, 7) is 7.81. The van der Waals surface area contributed by atoms with Crippen LogP contribution >= 0.6 is 11.8 Å². The Morgan fingerprint density at radius 3 is 2.66 bits per heavy atom. The maximum atomic E-state index is 13.2. The highest BCUT2D eigenvalue weighted by Gasteiger charge is 2.24. The standard InChI is InChI=1S/C20H27N5O3S/c1-5-7-13-25-15-16(21-19(25)24-11-9-8-10-12-24)22-20(23(4)17(15)26)29-14(3)18(27)28-6-2/h14H,6,8-13H2,1-4H3. The number of imidazole rings is 1. The molecule has 3 heterocycles. The maximum Gasteiger partial charge on any atom is 0.319 e. The Kier molecular flexibility index (Phi) is 6.85. The third kappa shape index (κ3) is 4.42. The van der Waals surface area contributed by atoms with E-state index in [0.29, 0.717) is 29.5 Å². The lowest BCUT2D eigenvalue weighted by molar-refractivity contribution is -0.142. The molecule has 0 aliphatic carbocycles. The zero-order valence-electron chi connectivity index (χ0n) is 17.4. The number of fused-ring (bicyclic) bond motifs is 1. The predicted octanol–water partition coefficient (Wildman–Crippen LogP) is 2.19. The van der Waals surface area contributed by atoms with Crippen molar-refractivity contribution < 1.29 is 9.53 Å². The lowest BCUT2D eigenvalue weighted by atomic mass is 10.1. The van der Waals surface area contributed by atoms with Crippen LogP contribution in [0, 0.1) is 11.8 Å². The van der Waals surface area contributed by atoms with Crippen LogP contribution in [0.2, 0.25) is 0 Å². The summed E-state index contributed by atoms with van der Waals surface area (Å²) in [6, 6.07) is 0. The highest BCUT2D eigenvalue weighted by atomic mass is 32.2. The average molecular weight is 418 g/mol. The molecule has 1 saturated heterocycles. The van der Waals surface area contributed by atoms with Gasteiger partial charge >= 0.3 is 5.97 Å². The summed E-state index contributed by atoms with van der Waals surface area (Å²) in [5.74, 6) is 6.36. The van der Waals surface area contributed by atoms with Crippen LogP contribution in [0.25, 0.3) is 11.2 Å². The minimum atomic E-state index is -0.472. The molecular weight excluding hydrogens is 390 g/mol. The summed E-state index contributed by atoms with van der Waals surface area (Å²) in [4.78, 5) is 36.7. The van der Waals surface area contributed by atoms with Crippen LogP contribution in [0.3, 0.4) is 0 Å². The highest BCUT2D eigenvalue weighted by Crippen LogP contribution is 2.26. The van der Waals surface area contributed by atoms with Gasteiger partial charge in [0.15, 0.2) is 16.3 Å². The molecule has 0 saturated carbocycles. The molecule has 8 nitrogen and oxygen atoms in total. The molecule has 1 fully saturated rings. The number of aromatic nitrogens is 4. The van der Waals surface area contributed by atoms with Gasteiger partial charge in [0.25, 0.3) is 5.56 Å². The van der Waals surface area contributed by atoms with E-state index in [-0.39, 0.29) is 11.5 Å². The Labute approximate surface area is 174 Å². The van der Waals surface area contributed by atoms with E-state index in [1.54, 1.807) is 27.8 Å². The molecule has 0 amide bonds. The summed E-state index contributed by atoms with van der Waals surface area (Å²) >= 11 is 1.20. The zero-order chi connectivity index (χ0) is 21.0. The number of piperidine rings is 1. The number of rotatable bonds is 6. The minimum absolute atomic E-state index is 0.192. The number of hydrogen-bond acceptors (Lipinski definition) is 7. The molecule has 0 aromatic carbocycles. The van der Waals surface area contributed by atoms with E-state index in [1.807, 2.05) is 4.57 Å². The van der Waals surface area contributed by atoms with E-state index in [2.05, 4.69) is 21.7 Å². The Hall–Kier alpha value is -2.47. The lowest BCUT2D eigenvalue weighted by Crippen LogP contribution is -2.32. The molecule has 2 aromatic heterocycles. The van der Waals surface area contributed by atoms with Gasteiger partial charge < -0.3 is 9.64 Å². The first-order valence-electron chi connectivity index (χ1n) is 9.93. The van der Waals surface area contributed by atoms with E-state index in [4.69, 9.17) is 9.72 Å². The first kappa shape index (κ1) is 21.2. The Bertz CT molecular complexity index is 1010. The smallest absolute Gasteiger partial charge is 0.319 e. The van der Waals surface area contributed by atoms with E-state index in [1.165, 1.54) is 22.7 Å². The fourth-order valence-electron chi connectivity index (χ4n) is 3.34. The van der Waals surface area contributed by atoms with E-state index in [9.17, 15) is 9.59 Å². The van der Waals surface area contributed by atoms with Crippen LogP contribution in [0.4, 0.5) is 5.95 Å². The van der Waals surface area contributed by atoms with Gasteiger partial charge in [-0.05, 0) is 40.0 Å². The third-order valence-electron chi connectivity index (χ3n) is 4.88. The number of carbonyl (C=O) groups is 1. The molecule has 29 heavy (non-hydrogen) atoms. The van der Waals surface area contributed by atoms with E-state index < -0.39 is 5.25 Å². The molecule has 1 atom stereocenters. The van der Waals surface area contributed by atoms with E-state index >= 15 is 0 Å². The summed E-state index contributed by atoms with van der Waals surface area (Å²) < 4.78 is 8.41. The second-order valence-corrected chi connectivity index (χ2v) is 8.22. The van der Waals surface area contributed by atoms with Crippen LogP contribution < -0.4 is 10.5 Å². The van der Waals surface area contributed by atoms with Crippen LogP contribution in [0.1, 0.15) is 40.0 Å². The number of esters is 1. The summed E-state index contributed by atoms with van der Waals surface area (Å²) in [7, 11) is 1.67. The quantitative estimate of drug-likeness (QED) is 0.308. The Morgan fingerprint density at radius 2 is 2.00 bits per heavy atom. The van der Waals surface area contributed by atoms with Crippen LogP contribution in [0.5, 0.6) is 0 Å². The molecule has 9 heteroatoms. The van der Waals surface area contributed by atoms with Gasteiger partial charge in [-0.15, -0.1) is 5.92 Å². The van der Waals surface area contributed by atoms with Crippen molar-refractivity contribution in [2.75, 3.05) is 24.6 Å². The number of carbonyl (C=O) groups excluding carboxylic acids is 1. The summed E-state index contributed by atoms with van der Waals surface area (Å²) in [5, 5.41) is -0.0282. The van der Waals surface area contributed by atoms with Crippen molar-refractivity contribution >= 4 is 34.8 Å². The van der Waals surface area contributed by atoms with Gasteiger partial charge in [0, 0.05) is 20.1 Å². The van der Waals surface area contributed by atoms with Crippen LogP contribution in [-0.2, 0) is 23.1 Å². The van der Waals surface area contributed by atoms with Gasteiger partial charge in [-0.2, -0.15) is 4.98 Å². The van der Waals surface area contributed by atoms with Gasteiger partial charge in [0.1, 0.15) is 5.25 Å². The average Bonchev–Trinajstić information content (AvgIpc) is 3.09. The molecule has 156 valence electrons. The van der Waals surface area contributed by atoms with Crippen molar-refractivity contribution in [1.82, 2.24) is 19.1 Å². The third-order valence-corrected chi connectivity index (χ3v) is 6.00. The van der Waals surface area contributed by atoms with Crippen molar-refractivity contribution in [1.29, 1.82) is 0 Å². The van der Waals surface area contributed by atoms with Crippen LogP contribution in [0.15, 0.2) is 9.95 Å². The number of anilines is 1. The number of ether oxygens (including phenoxy) is 1. The van der Waals surface area contributed by atoms with Gasteiger partial charge in [-0.25, -0.2) is 4.98 Å². The van der Waals surface area contributed by atoms with Crippen molar-refractivity contribution in [3.05, 3.63) is 10.4 Å². The number of thioether (sulfide) groups is 1. The zero-order valence-corrected chi connectivity index (χ0v) is 18.2. The molecule has 0 radical (unpaired) electrons. The van der Waals surface area contributed by atoms with E-state index in [0.717, 1.165) is 31.9 Å². The van der Waals surface area contributed by atoms with Gasteiger partial charge in [-0.1, -0.05) is 17.7 Å². The van der Waals surface area contributed by atoms with Gasteiger partial charge in [0.05, 0.1) is 13.2 Å². The summed E-state index contributed by atoms with van der Waals surface area (Å²) in [5.41, 5.74) is 0.649. The molecule has 0 bridgehead atoms. The maximum absolute atomic E-state index is 13.2. The topological polar surface area (TPSA) is 82.2 Å². The molecular formula is C20H27N5O3S. The molecule has 2 aromatic rings. The Morgan fingerprint density at radius 1 is 1.28 bits per heavy atom. The molecule has 1 unspecified atom stereocenters. The van der Waals surface area contributed by atoms with Crippen molar-refractivity contribution in [2.24, 2.45) is 7.05 Å². The molecule has 1 aliphatic heterocycles. The first-order chi connectivity index (χ1) is 14.0. The van der Waals surface area contributed by atoms with Crippen LogP contribution in [-0.4, -0.2) is 50.0 Å². The molecule has 0 spiro atoms. The predicted molar refractivity (Wildman–Crippen MR) is 114 cm³/mol. The minimum Gasteiger partial charge on any atom is -0.465 e. The van der Waals surface area contributed by atoms with Crippen molar-refractivity contribution in [3.8, 4) is 11.8 Å². The first-order valence-corrected chi connectivity index (χ1v) is 10.8. The second kappa shape index (κ2) is 9.35. The van der Waals surface area contributed by atoms with Crippen molar-refractivity contribution in [3.63, 3.8) is 0 Å². The fourth-order valence-corrected chi connectivity index (χ4v) is 4.20. The molecule has 0 N–H and O–H groups in total. The summed E-state index contributed by atoms with van der Waals surface area (Å²) in [6.07, 6.45) is 3.41. The molecule has 1 aliphatic rings. The highest BCUT2D eigenvalue weighted by molar-refractivity contribution is 8.00. The molecule has 3 rings (SSSR count). The monoisotopic (exact) mass is 417 g/mol. The van der Waals surface area contributed by atoms with Gasteiger partial charge in [0.2, 0.25) is 5.95 Å². The lowest BCUT2D eigenvalue weighted by Gasteiger charge is -2.27. The Balaban J connectivity index is 2.07. The van der Waals surface area contributed by atoms with Crippen molar-refractivity contribution in [2.45, 2.75) is 57.0 Å². The van der Waals surface area contributed by atoms with Gasteiger partial charge in [-0.3, -0.25) is 18.7 Å².